The van der Waals surface area contributed by atoms with E-state index < -0.39 is 0 Å². The van der Waals surface area contributed by atoms with Gasteiger partial charge in [0.25, 0.3) is 0 Å². The van der Waals surface area contributed by atoms with Crippen molar-refractivity contribution in [3.63, 3.8) is 0 Å². The van der Waals surface area contributed by atoms with Crippen LogP contribution in [0.4, 0.5) is 4.79 Å². The Morgan fingerprint density at radius 1 is 1.47 bits per heavy atom. The highest BCUT2D eigenvalue weighted by Crippen LogP contribution is 2.42. The number of hydrogen-bond acceptors (Lipinski definition) is 2. The van der Waals surface area contributed by atoms with E-state index in [9.17, 15) is 9.59 Å². The number of carbonyl (C=O) groups excluding carboxylic acids is 2. The van der Waals surface area contributed by atoms with E-state index >= 15 is 0 Å². The molecule has 3 N–H and O–H groups in total. The maximum absolute atomic E-state index is 11.7. The molecule has 2 aliphatic rings. The zero-order valence-electron chi connectivity index (χ0n) is 11.7. The molecule has 0 aromatic heterocycles. The van der Waals surface area contributed by atoms with Gasteiger partial charge in [0, 0.05) is 30.1 Å². The predicted molar refractivity (Wildman–Crippen MR) is 73.4 cm³/mol. The first-order valence-corrected chi connectivity index (χ1v) is 7.07. The van der Waals surface area contributed by atoms with Crippen molar-refractivity contribution in [3.05, 3.63) is 11.8 Å². The highest BCUT2D eigenvalue weighted by Gasteiger charge is 2.40. The number of hydrogen-bond donors (Lipinski definition) is 3. The van der Waals surface area contributed by atoms with Gasteiger partial charge in [-0.05, 0) is 39.5 Å². The molecule has 0 aromatic rings. The van der Waals surface area contributed by atoms with Gasteiger partial charge in [-0.25, -0.2) is 4.79 Å². The Bertz CT molecular complexity index is 403. The minimum atomic E-state index is -0.133. The molecule has 1 unspecified atom stereocenters. The third-order valence-corrected chi connectivity index (χ3v) is 3.89. The molecule has 5 heteroatoms. The first kappa shape index (κ1) is 13.9. The van der Waals surface area contributed by atoms with Gasteiger partial charge < -0.3 is 16.0 Å². The van der Waals surface area contributed by atoms with Gasteiger partial charge in [0.15, 0.2) is 0 Å². The van der Waals surface area contributed by atoms with E-state index in [-0.39, 0.29) is 23.4 Å². The van der Waals surface area contributed by atoms with Crippen LogP contribution in [0.3, 0.4) is 0 Å². The van der Waals surface area contributed by atoms with Crippen LogP contribution in [0.5, 0.6) is 0 Å². The van der Waals surface area contributed by atoms with E-state index in [4.69, 9.17) is 0 Å². The van der Waals surface area contributed by atoms with Crippen LogP contribution < -0.4 is 16.0 Å². The molecule has 1 aliphatic heterocycles. The van der Waals surface area contributed by atoms with Crippen molar-refractivity contribution >= 4 is 11.9 Å². The Kier molecular flexibility index (Phi) is 4.12. The molecule has 1 atom stereocenters. The molecular weight excluding hydrogens is 242 g/mol. The summed E-state index contributed by atoms with van der Waals surface area (Å²) in [5, 5.41) is 8.75. The molecule has 0 bridgehead atoms. The third-order valence-electron chi connectivity index (χ3n) is 3.89. The second-order valence-electron chi connectivity index (χ2n) is 5.82. The SMILES string of the molecule is CC(C)NC(=O)NCC12CCCC=C1NC(=O)CC2. The van der Waals surface area contributed by atoms with E-state index in [1.54, 1.807) is 0 Å². The monoisotopic (exact) mass is 265 g/mol. The van der Waals surface area contributed by atoms with Crippen LogP contribution in [-0.2, 0) is 4.79 Å². The smallest absolute Gasteiger partial charge is 0.315 e. The Balaban J connectivity index is 1.99. The van der Waals surface area contributed by atoms with Crippen LogP contribution in [0, 0.1) is 5.41 Å². The maximum Gasteiger partial charge on any atom is 0.315 e. The summed E-state index contributed by atoms with van der Waals surface area (Å²) in [6.45, 7) is 4.47. The van der Waals surface area contributed by atoms with Gasteiger partial charge in [-0.2, -0.15) is 0 Å². The molecule has 19 heavy (non-hydrogen) atoms. The summed E-state index contributed by atoms with van der Waals surface area (Å²) in [5.41, 5.74) is 0.945. The molecular formula is C14H23N3O2. The van der Waals surface area contributed by atoms with E-state index in [1.165, 1.54) is 0 Å². The summed E-state index contributed by atoms with van der Waals surface area (Å²) >= 11 is 0. The molecule has 2 rings (SSSR count). The average Bonchev–Trinajstić information content (AvgIpc) is 2.36. The maximum atomic E-state index is 11.7. The standard InChI is InChI=1S/C14H23N3O2/c1-10(2)16-13(19)15-9-14-7-4-3-5-11(14)17-12(18)6-8-14/h5,10H,3-4,6-9H2,1-2H3,(H,17,18)(H2,15,16,19). The van der Waals surface area contributed by atoms with Crippen LogP contribution in [0.2, 0.25) is 0 Å². The van der Waals surface area contributed by atoms with E-state index in [0.717, 1.165) is 31.4 Å². The predicted octanol–water partition coefficient (Wildman–Crippen LogP) is 1.66. The van der Waals surface area contributed by atoms with Crippen molar-refractivity contribution in [1.29, 1.82) is 0 Å². The summed E-state index contributed by atoms with van der Waals surface area (Å²) in [6.07, 6.45) is 6.64. The topological polar surface area (TPSA) is 70.2 Å². The Morgan fingerprint density at radius 2 is 2.26 bits per heavy atom. The van der Waals surface area contributed by atoms with Gasteiger partial charge in [-0.15, -0.1) is 0 Å². The van der Waals surface area contributed by atoms with Crippen LogP contribution >= 0.6 is 0 Å². The Morgan fingerprint density at radius 3 is 3.00 bits per heavy atom. The van der Waals surface area contributed by atoms with Crippen molar-refractivity contribution < 1.29 is 9.59 Å². The summed E-state index contributed by atoms with van der Waals surface area (Å²) < 4.78 is 0. The van der Waals surface area contributed by atoms with Gasteiger partial charge in [0.1, 0.15) is 0 Å². The fraction of sp³-hybridized carbons (Fsp3) is 0.714. The number of amides is 3. The number of piperidine rings is 1. The Labute approximate surface area is 114 Å². The molecule has 106 valence electrons. The zero-order valence-corrected chi connectivity index (χ0v) is 11.7. The normalized spacial score (nSPS) is 26.3. The number of nitrogens with one attached hydrogen (secondary N) is 3. The third kappa shape index (κ3) is 3.28. The van der Waals surface area contributed by atoms with E-state index in [2.05, 4.69) is 22.0 Å². The van der Waals surface area contributed by atoms with Crippen molar-refractivity contribution in [2.24, 2.45) is 5.41 Å². The molecule has 1 saturated heterocycles. The lowest BCUT2D eigenvalue weighted by molar-refractivity contribution is -0.122. The summed E-state index contributed by atoms with van der Waals surface area (Å²) in [6, 6.07) is -0.00359. The van der Waals surface area contributed by atoms with Crippen LogP contribution in [0.25, 0.3) is 0 Å². The summed E-state index contributed by atoms with van der Waals surface area (Å²) in [4.78, 5) is 23.2. The number of rotatable bonds is 3. The largest absolute Gasteiger partial charge is 0.337 e. The van der Waals surface area contributed by atoms with Crippen molar-refractivity contribution in [1.82, 2.24) is 16.0 Å². The molecule has 1 aliphatic carbocycles. The molecule has 0 saturated carbocycles. The number of allylic oxidation sites excluding steroid dienone is 1. The van der Waals surface area contributed by atoms with Gasteiger partial charge in [-0.3, -0.25) is 4.79 Å². The minimum Gasteiger partial charge on any atom is -0.337 e. The molecule has 1 heterocycles. The van der Waals surface area contributed by atoms with Gasteiger partial charge in [0.2, 0.25) is 5.91 Å². The van der Waals surface area contributed by atoms with Crippen molar-refractivity contribution in [3.8, 4) is 0 Å². The molecule has 3 amide bonds. The van der Waals surface area contributed by atoms with E-state index in [0.29, 0.717) is 13.0 Å². The highest BCUT2D eigenvalue weighted by molar-refractivity contribution is 5.80. The molecule has 0 aromatic carbocycles. The van der Waals surface area contributed by atoms with Gasteiger partial charge in [0.05, 0.1) is 0 Å². The molecule has 0 radical (unpaired) electrons. The van der Waals surface area contributed by atoms with Crippen LogP contribution in [0.1, 0.15) is 46.0 Å². The second kappa shape index (κ2) is 5.63. The molecule has 0 spiro atoms. The van der Waals surface area contributed by atoms with Crippen molar-refractivity contribution in [2.45, 2.75) is 52.0 Å². The van der Waals surface area contributed by atoms with Gasteiger partial charge >= 0.3 is 6.03 Å². The average molecular weight is 265 g/mol. The first-order valence-electron chi connectivity index (χ1n) is 7.07. The summed E-state index contributed by atoms with van der Waals surface area (Å²) in [7, 11) is 0. The summed E-state index contributed by atoms with van der Waals surface area (Å²) in [5.74, 6) is 0.0930. The lowest BCUT2D eigenvalue weighted by atomic mass is 9.70. The number of urea groups is 1. The fourth-order valence-corrected chi connectivity index (χ4v) is 2.88. The quantitative estimate of drug-likeness (QED) is 0.726. The molecule has 1 fully saturated rings. The minimum absolute atomic E-state index is 0.0690. The Hall–Kier alpha value is -1.52. The highest BCUT2D eigenvalue weighted by atomic mass is 16.2. The molecule has 5 nitrogen and oxygen atoms in total. The van der Waals surface area contributed by atoms with E-state index in [1.807, 2.05) is 13.8 Å². The van der Waals surface area contributed by atoms with Gasteiger partial charge in [-0.1, -0.05) is 6.08 Å². The fourth-order valence-electron chi connectivity index (χ4n) is 2.88. The zero-order chi connectivity index (χ0) is 13.9. The lowest BCUT2D eigenvalue weighted by Crippen LogP contribution is -2.50. The lowest BCUT2D eigenvalue weighted by Gasteiger charge is -2.42. The number of carbonyl (C=O) groups is 2. The van der Waals surface area contributed by atoms with Crippen LogP contribution in [0.15, 0.2) is 11.8 Å². The number of fused-ring (bicyclic) bond motifs is 1. The van der Waals surface area contributed by atoms with Crippen molar-refractivity contribution in [2.75, 3.05) is 6.54 Å². The second-order valence-corrected chi connectivity index (χ2v) is 5.82. The first-order chi connectivity index (χ1) is 9.02. The van der Waals surface area contributed by atoms with Crippen LogP contribution in [-0.4, -0.2) is 24.5 Å².